The number of hydrogen-bond donors (Lipinski definition) is 0. The van der Waals surface area contributed by atoms with Crippen LogP contribution in [0.25, 0.3) is 0 Å². The van der Waals surface area contributed by atoms with Gasteiger partial charge in [0.25, 0.3) is 0 Å². The zero-order valence-electron chi connectivity index (χ0n) is 16.7. The minimum absolute atomic E-state index is 0.0189. The summed E-state index contributed by atoms with van der Waals surface area (Å²) in [5.74, 6) is 7.33. The number of esters is 1. The van der Waals surface area contributed by atoms with Crippen LogP contribution >= 0.6 is 0 Å². The Morgan fingerprint density at radius 1 is 1.15 bits per heavy atom. The van der Waals surface area contributed by atoms with E-state index in [-0.39, 0.29) is 23.2 Å². The van der Waals surface area contributed by atoms with Crippen molar-refractivity contribution in [3.8, 4) is 0 Å². The first-order valence-electron chi connectivity index (χ1n) is 9.35. The summed E-state index contributed by atoms with van der Waals surface area (Å²) in [4.78, 5) is 23.0. The summed E-state index contributed by atoms with van der Waals surface area (Å²) in [6.45, 7) is 6.77. The number of benzene rings is 1. The quantitative estimate of drug-likeness (QED) is 0.271. The summed E-state index contributed by atoms with van der Waals surface area (Å²) in [6, 6.07) is 5.68. The van der Waals surface area contributed by atoms with Gasteiger partial charge in [-0.05, 0) is 0 Å². The molecule has 0 heterocycles. The van der Waals surface area contributed by atoms with Crippen LogP contribution in [-0.4, -0.2) is 30.3 Å². The van der Waals surface area contributed by atoms with Crippen molar-refractivity contribution < 1.29 is 14.5 Å². The normalized spacial score (nSPS) is 24.2. The van der Waals surface area contributed by atoms with Gasteiger partial charge in [-0.25, -0.2) is 0 Å². The second-order valence-corrected chi connectivity index (χ2v) is 21.1. The SMILES string of the molecule is CC(C)(C)[C@H]1CC[C@@H]([Ge]([CH3])([CH3])[CH3])[C@H](OC(=O)c2ccc([N+](=O)[O-])cc2)C1. The van der Waals surface area contributed by atoms with Crippen molar-refractivity contribution in [2.45, 2.75) is 68.2 Å². The Hall–Kier alpha value is -1.37. The summed E-state index contributed by atoms with van der Waals surface area (Å²) in [6.07, 6.45) is 3.19. The van der Waals surface area contributed by atoms with Crippen molar-refractivity contribution in [2.24, 2.45) is 11.3 Å². The van der Waals surface area contributed by atoms with Crippen LogP contribution in [-0.2, 0) is 4.74 Å². The predicted molar refractivity (Wildman–Crippen MR) is 106 cm³/mol. The van der Waals surface area contributed by atoms with E-state index in [0.717, 1.165) is 12.8 Å². The number of hydrogen-bond acceptors (Lipinski definition) is 4. The molecule has 0 amide bonds. The number of nitro benzene ring substituents is 1. The van der Waals surface area contributed by atoms with Crippen LogP contribution in [0.5, 0.6) is 0 Å². The Labute approximate surface area is 159 Å². The van der Waals surface area contributed by atoms with Crippen LogP contribution in [0.3, 0.4) is 0 Å². The second kappa shape index (κ2) is 7.71. The Balaban J connectivity index is 2.18. The van der Waals surface area contributed by atoms with E-state index in [4.69, 9.17) is 4.74 Å². The summed E-state index contributed by atoms with van der Waals surface area (Å²) in [5.41, 5.74) is 0.566. The molecule has 0 spiro atoms. The number of nitrogens with zero attached hydrogens (tertiary/aromatic N) is 1. The summed E-state index contributed by atoms with van der Waals surface area (Å²) >= 11 is -2.00. The second-order valence-electron chi connectivity index (χ2n) is 9.60. The molecule has 0 aliphatic heterocycles. The number of ether oxygens (including phenoxy) is 1. The van der Waals surface area contributed by atoms with Crippen molar-refractivity contribution in [3.63, 3.8) is 0 Å². The molecule has 0 radical (unpaired) electrons. The molecular weight excluding hydrogens is 391 g/mol. The van der Waals surface area contributed by atoms with Crippen LogP contribution in [0.4, 0.5) is 5.69 Å². The average molecular weight is 422 g/mol. The predicted octanol–water partition coefficient (Wildman–Crippen LogP) is 5.67. The zero-order valence-corrected chi connectivity index (χ0v) is 18.8. The molecular formula is C20H31GeNO4. The van der Waals surface area contributed by atoms with Crippen LogP contribution < -0.4 is 0 Å². The maximum absolute atomic E-state index is 12.7. The first-order chi connectivity index (χ1) is 11.9. The first-order valence-corrected chi connectivity index (χ1v) is 16.9. The number of carbonyl (C=O) groups excluding carboxylic acids is 1. The van der Waals surface area contributed by atoms with E-state index in [1.807, 2.05) is 0 Å². The van der Waals surface area contributed by atoms with Gasteiger partial charge in [0.2, 0.25) is 0 Å². The number of nitro groups is 1. The third-order valence-electron chi connectivity index (χ3n) is 5.70. The maximum atomic E-state index is 12.7. The fourth-order valence-corrected chi connectivity index (χ4v) is 8.90. The van der Waals surface area contributed by atoms with Gasteiger partial charge in [0.15, 0.2) is 0 Å². The third-order valence-corrected chi connectivity index (χ3v) is 11.8. The molecule has 1 saturated carbocycles. The summed E-state index contributed by atoms with van der Waals surface area (Å²) < 4.78 is 6.48. The van der Waals surface area contributed by atoms with Crippen LogP contribution in [0.1, 0.15) is 50.4 Å². The molecule has 6 heteroatoms. The third kappa shape index (κ3) is 5.09. The molecule has 3 atom stereocenters. The van der Waals surface area contributed by atoms with Crippen LogP contribution in [0.15, 0.2) is 24.3 Å². The molecule has 26 heavy (non-hydrogen) atoms. The molecule has 0 bridgehead atoms. The van der Waals surface area contributed by atoms with E-state index in [9.17, 15) is 14.9 Å². The molecule has 1 aliphatic carbocycles. The van der Waals surface area contributed by atoms with Crippen molar-refractivity contribution in [1.82, 2.24) is 0 Å². The van der Waals surface area contributed by atoms with Crippen molar-refractivity contribution in [3.05, 3.63) is 39.9 Å². The van der Waals surface area contributed by atoms with E-state index < -0.39 is 18.2 Å². The molecule has 1 aromatic rings. The standard InChI is InChI=1S/C20H31GeNO4/c1-20(2,3)15-9-12-17(21(4,5)6)18(13-15)26-19(23)14-7-10-16(11-8-14)22(24)25/h7-8,10-11,15,17-18H,9,12-13H2,1-6H3/t15-,17+,18+/m0/s1. The first kappa shape index (κ1) is 20.9. The molecule has 144 valence electrons. The fourth-order valence-electron chi connectivity index (χ4n) is 3.96. The topological polar surface area (TPSA) is 69.4 Å². The molecule has 5 nitrogen and oxygen atoms in total. The van der Waals surface area contributed by atoms with Gasteiger partial charge in [0.1, 0.15) is 0 Å². The van der Waals surface area contributed by atoms with Gasteiger partial charge >= 0.3 is 159 Å². The number of rotatable bonds is 4. The van der Waals surface area contributed by atoms with Gasteiger partial charge in [-0.2, -0.15) is 0 Å². The molecule has 1 aliphatic rings. The summed E-state index contributed by atoms with van der Waals surface area (Å²) in [5, 5.41) is 10.8. The van der Waals surface area contributed by atoms with Gasteiger partial charge in [-0.15, -0.1) is 0 Å². The summed E-state index contributed by atoms with van der Waals surface area (Å²) in [7, 11) is 0. The minimum atomic E-state index is -2.00. The van der Waals surface area contributed by atoms with Crippen LogP contribution in [0.2, 0.25) is 22.0 Å². The zero-order chi connectivity index (χ0) is 19.7. The van der Waals surface area contributed by atoms with Crippen molar-refractivity contribution in [1.29, 1.82) is 0 Å². The Morgan fingerprint density at radius 3 is 2.19 bits per heavy atom. The van der Waals surface area contributed by atoms with Crippen molar-refractivity contribution >= 4 is 24.9 Å². The van der Waals surface area contributed by atoms with E-state index >= 15 is 0 Å². The van der Waals surface area contributed by atoms with E-state index in [1.165, 1.54) is 30.7 Å². The van der Waals surface area contributed by atoms with Gasteiger partial charge in [-0.1, -0.05) is 0 Å². The molecule has 2 rings (SSSR count). The number of non-ortho nitro benzene ring substituents is 1. The monoisotopic (exact) mass is 423 g/mol. The van der Waals surface area contributed by atoms with Gasteiger partial charge < -0.3 is 0 Å². The van der Waals surface area contributed by atoms with E-state index in [1.54, 1.807) is 0 Å². The molecule has 0 aromatic heterocycles. The van der Waals surface area contributed by atoms with Crippen molar-refractivity contribution in [2.75, 3.05) is 0 Å². The average Bonchev–Trinajstić information content (AvgIpc) is 2.53. The number of carbonyl (C=O) groups is 1. The molecule has 0 unspecified atom stereocenters. The van der Waals surface area contributed by atoms with E-state index in [2.05, 4.69) is 38.0 Å². The van der Waals surface area contributed by atoms with Gasteiger partial charge in [-0.3, -0.25) is 0 Å². The Kier molecular flexibility index (Phi) is 6.21. The van der Waals surface area contributed by atoms with Gasteiger partial charge in [0, 0.05) is 0 Å². The Bertz CT molecular complexity index is 658. The molecule has 1 aromatic carbocycles. The molecule has 1 fully saturated rings. The van der Waals surface area contributed by atoms with E-state index in [0.29, 0.717) is 16.2 Å². The van der Waals surface area contributed by atoms with Gasteiger partial charge in [0.05, 0.1) is 0 Å². The fraction of sp³-hybridized carbons (Fsp3) is 0.650. The molecule has 0 saturated heterocycles. The molecule has 0 N–H and O–H groups in total. The van der Waals surface area contributed by atoms with Crippen LogP contribution in [0, 0.1) is 21.4 Å². The Morgan fingerprint density at radius 2 is 1.73 bits per heavy atom.